The molecule has 0 bridgehead atoms. The minimum absolute atomic E-state index is 0.00262. The summed E-state index contributed by atoms with van der Waals surface area (Å²) in [7, 11) is 0. The average molecular weight is 451 g/mol. The lowest BCUT2D eigenvalue weighted by atomic mass is 9.83. The lowest BCUT2D eigenvalue weighted by molar-refractivity contribution is -0.138. The van der Waals surface area contributed by atoms with Crippen LogP contribution in [0, 0.1) is 0 Å². The highest BCUT2D eigenvalue weighted by molar-refractivity contribution is 7.18. The molecule has 1 aliphatic heterocycles. The number of carbonyl (C=O) groups is 1. The van der Waals surface area contributed by atoms with Crippen molar-refractivity contribution in [2.75, 3.05) is 26.2 Å². The normalized spacial score (nSPS) is 17.5. The van der Waals surface area contributed by atoms with E-state index in [4.69, 9.17) is 4.98 Å². The average Bonchev–Trinajstić information content (AvgIpc) is 3.18. The van der Waals surface area contributed by atoms with E-state index in [-0.39, 0.29) is 11.5 Å². The fourth-order valence-electron chi connectivity index (χ4n) is 4.98. The molecule has 0 radical (unpaired) electrons. The van der Waals surface area contributed by atoms with E-state index in [2.05, 4.69) is 9.88 Å². The van der Waals surface area contributed by atoms with Gasteiger partial charge in [-0.2, -0.15) is 0 Å². The number of aromatic nitrogens is 2. The van der Waals surface area contributed by atoms with Crippen LogP contribution < -0.4 is 5.56 Å². The highest BCUT2D eigenvalue weighted by Crippen LogP contribution is 2.33. The van der Waals surface area contributed by atoms with E-state index in [1.165, 1.54) is 16.9 Å². The molecule has 168 valence electrons. The molecule has 5 rings (SSSR count). The third-order valence-electron chi connectivity index (χ3n) is 6.94. The number of nitrogens with one attached hydrogen (secondary N) is 1. The minimum Gasteiger partial charge on any atom is -0.339 e. The quantitative estimate of drug-likeness (QED) is 0.661. The molecule has 32 heavy (non-hydrogen) atoms. The highest BCUT2D eigenvalue weighted by Gasteiger charge is 2.35. The lowest BCUT2D eigenvalue weighted by Gasteiger charge is -2.38. The van der Waals surface area contributed by atoms with E-state index in [1.807, 2.05) is 49.1 Å². The Balaban J connectivity index is 1.26. The van der Waals surface area contributed by atoms with Gasteiger partial charge in [0.1, 0.15) is 10.7 Å². The van der Waals surface area contributed by atoms with E-state index < -0.39 is 5.41 Å². The molecule has 1 N–H and O–H groups in total. The van der Waals surface area contributed by atoms with Gasteiger partial charge >= 0.3 is 0 Å². The molecule has 1 saturated heterocycles. The number of amides is 1. The number of aromatic amines is 1. The van der Waals surface area contributed by atoms with Gasteiger partial charge in [-0.15, -0.1) is 11.3 Å². The van der Waals surface area contributed by atoms with E-state index in [9.17, 15) is 9.59 Å². The number of carbonyl (C=O) groups excluding carboxylic acids is 1. The number of nitrogens with zero attached hydrogens (tertiary/aromatic N) is 3. The number of benzene rings is 1. The van der Waals surface area contributed by atoms with Gasteiger partial charge in [-0.1, -0.05) is 30.3 Å². The third kappa shape index (κ3) is 3.88. The van der Waals surface area contributed by atoms with Gasteiger partial charge in [-0.25, -0.2) is 4.98 Å². The Labute approximate surface area is 192 Å². The molecule has 7 heteroatoms. The van der Waals surface area contributed by atoms with Gasteiger partial charge in [-0.3, -0.25) is 14.5 Å². The summed E-state index contributed by atoms with van der Waals surface area (Å²) in [5, 5.41) is 0.812. The zero-order valence-corrected chi connectivity index (χ0v) is 19.6. The Hall–Kier alpha value is -2.51. The number of hydrogen-bond acceptors (Lipinski definition) is 5. The number of fused-ring (bicyclic) bond motifs is 3. The summed E-state index contributed by atoms with van der Waals surface area (Å²) < 4.78 is 0. The van der Waals surface area contributed by atoms with E-state index >= 15 is 0 Å². The van der Waals surface area contributed by atoms with E-state index in [0.29, 0.717) is 19.6 Å². The topological polar surface area (TPSA) is 69.3 Å². The number of thiophene rings is 1. The molecular weight excluding hydrogens is 420 g/mol. The molecule has 6 nitrogen and oxygen atoms in total. The van der Waals surface area contributed by atoms with Gasteiger partial charge in [0.15, 0.2) is 0 Å². The zero-order valence-electron chi connectivity index (χ0n) is 18.8. The fourth-order valence-corrected chi connectivity index (χ4v) is 6.26. The Kier molecular flexibility index (Phi) is 5.63. The second-order valence-corrected chi connectivity index (χ2v) is 10.5. The smallest absolute Gasteiger partial charge is 0.259 e. The van der Waals surface area contributed by atoms with Crippen LogP contribution in [0.25, 0.3) is 10.2 Å². The fraction of sp³-hybridized carbons (Fsp3) is 0.480. The van der Waals surface area contributed by atoms with Gasteiger partial charge in [0.2, 0.25) is 5.91 Å². The molecule has 1 fully saturated rings. The first-order chi connectivity index (χ1) is 15.4. The minimum atomic E-state index is -0.542. The maximum atomic E-state index is 13.2. The monoisotopic (exact) mass is 450 g/mol. The first-order valence-corrected chi connectivity index (χ1v) is 12.4. The molecule has 0 spiro atoms. The Bertz CT molecular complexity index is 1190. The molecule has 0 unspecified atom stereocenters. The summed E-state index contributed by atoms with van der Waals surface area (Å²) in [4.78, 5) is 40.3. The Morgan fingerprint density at radius 2 is 1.81 bits per heavy atom. The first-order valence-electron chi connectivity index (χ1n) is 11.5. The second-order valence-electron chi connectivity index (χ2n) is 9.46. The third-order valence-corrected chi connectivity index (χ3v) is 8.12. The van der Waals surface area contributed by atoms with Gasteiger partial charge in [0, 0.05) is 31.1 Å². The van der Waals surface area contributed by atoms with Crippen molar-refractivity contribution in [3.05, 3.63) is 62.5 Å². The van der Waals surface area contributed by atoms with Crippen LogP contribution in [-0.2, 0) is 29.6 Å². The Morgan fingerprint density at radius 1 is 1.09 bits per heavy atom. The molecular formula is C25H30N4O2S. The molecule has 2 aliphatic rings. The van der Waals surface area contributed by atoms with Crippen molar-refractivity contribution in [2.45, 2.75) is 51.5 Å². The Morgan fingerprint density at radius 3 is 2.56 bits per heavy atom. The maximum absolute atomic E-state index is 13.2. The van der Waals surface area contributed by atoms with Crippen molar-refractivity contribution in [1.82, 2.24) is 19.8 Å². The number of H-pyrrole nitrogens is 1. The van der Waals surface area contributed by atoms with Crippen molar-refractivity contribution < 1.29 is 4.79 Å². The lowest BCUT2D eigenvalue weighted by Crippen LogP contribution is -2.53. The summed E-state index contributed by atoms with van der Waals surface area (Å²) in [5.41, 5.74) is 1.73. The summed E-state index contributed by atoms with van der Waals surface area (Å²) >= 11 is 1.69. The van der Waals surface area contributed by atoms with Crippen molar-refractivity contribution in [1.29, 1.82) is 0 Å². The number of rotatable bonds is 4. The van der Waals surface area contributed by atoms with Gasteiger partial charge in [0.25, 0.3) is 5.56 Å². The molecule has 1 amide bonds. The standard InChI is InChI=1S/C25H30N4O2S/c1-25(2,17-8-4-3-5-9-17)24(31)29-14-12-28(13-15-29)16-20-26-22(30)21-18-10-6-7-11-19(18)32-23(21)27-20/h3-5,8-9H,6-7,10-16H2,1-2H3,(H,26,27,30). The van der Waals surface area contributed by atoms with Crippen LogP contribution in [0.4, 0.5) is 0 Å². The molecule has 3 aromatic rings. The van der Waals surface area contributed by atoms with Crippen LogP contribution in [0.1, 0.15) is 48.5 Å². The molecule has 3 heterocycles. The van der Waals surface area contributed by atoms with Crippen LogP contribution >= 0.6 is 11.3 Å². The largest absolute Gasteiger partial charge is 0.339 e. The predicted octanol–water partition coefficient (Wildman–Crippen LogP) is 3.49. The van der Waals surface area contributed by atoms with Crippen LogP contribution in [0.5, 0.6) is 0 Å². The number of aryl methyl sites for hydroxylation is 2. The van der Waals surface area contributed by atoms with E-state index in [1.54, 1.807) is 11.3 Å². The summed E-state index contributed by atoms with van der Waals surface area (Å²) in [5.74, 6) is 0.894. The summed E-state index contributed by atoms with van der Waals surface area (Å²) in [6.07, 6.45) is 4.42. The van der Waals surface area contributed by atoms with Crippen molar-refractivity contribution in [3.63, 3.8) is 0 Å². The van der Waals surface area contributed by atoms with E-state index in [0.717, 1.165) is 54.0 Å². The number of piperazine rings is 1. The molecule has 1 aliphatic carbocycles. The van der Waals surface area contributed by atoms with Crippen LogP contribution in [-0.4, -0.2) is 51.9 Å². The van der Waals surface area contributed by atoms with Crippen LogP contribution in [0.3, 0.4) is 0 Å². The van der Waals surface area contributed by atoms with Crippen molar-refractivity contribution in [2.24, 2.45) is 0 Å². The maximum Gasteiger partial charge on any atom is 0.259 e. The van der Waals surface area contributed by atoms with Gasteiger partial charge in [0.05, 0.1) is 17.3 Å². The van der Waals surface area contributed by atoms with Crippen molar-refractivity contribution in [3.8, 4) is 0 Å². The second kappa shape index (κ2) is 8.45. The molecule has 2 aromatic heterocycles. The van der Waals surface area contributed by atoms with Crippen LogP contribution in [0.2, 0.25) is 0 Å². The zero-order chi connectivity index (χ0) is 22.3. The SMILES string of the molecule is CC(C)(C(=O)N1CCN(Cc2nc3sc4c(c3c(=O)[nH]2)CCCC4)CC1)c1ccccc1. The summed E-state index contributed by atoms with van der Waals surface area (Å²) in [6.45, 7) is 7.54. The summed E-state index contributed by atoms with van der Waals surface area (Å²) in [6, 6.07) is 9.99. The van der Waals surface area contributed by atoms with Gasteiger partial charge < -0.3 is 9.88 Å². The first kappa shape index (κ1) is 21.3. The van der Waals surface area contributed by atoms with Crippen molar-refractivity contribution >= 4 is 27.5 Å². The molecule has 0 saturated carbocycles. The van der Waals surface area contributed by atoms with Gasteiger partial charge in [-0.05, 0) is 50.7 Å². The van der Waals surface area contributed by atoms with Crippen LogP contribution in [0.15, 0.2) is 35.1 Å². The number of hydrogen-bond donors (Lipinski definition) is 1. The predicted molar refractivity (Wildman–Crippen MR) is 128 cm³/mol. The molecule has 1 aromatic carbocycles. The highest BCUT2D eigenvalue weighted by atomic mass is 32.1. The molecule has 0 atom stereocenters.